The summed E-state index contributed by atoms with van der Waals surface area (Å²) in [6.45, 7) is 3.91. The molecular formula is C24H18Cl2N2O2S2. The van der Waals surface area contributed by atoms with Crippen LogP contribution >= 0.6 is 45.9 Å². The van der Waals surface area contributed by atoms with Crippen molar-refractivity contribution >= 4 is 69.1 Å². The average Bonchev–Trinajstić information content (AvgIpc) is 3.39. The number of nitrogens with one attached hydrogen (secondary N) is 2. The van der Waals surface area contributed by atoms with Gasteiger partial charge in [-0.1, -0.05) is 35.3 Å². The van der Waals surface area contributed by atoms with Gasteiger partial charge in [-0.25, -0.2) is 0 Å². The first kappa shape index (κ1) is 22.6. The Balaban J connectivity index is 1.50. The molecule has 0 atom stereocenters. The minimum atomic E-state index is -0.180. The summed E-state index contributed by atoms with van der Waals surface area (Å²) in [6, 6.07) is 18.6. The third-order valence-electron chi connectivity index (χ3n) is 4.88. The Morgan fingerprint density at radius 1 is 0.656 bits per heavy atom. The number of hydrogen-bond donors (Lipinski definition) is 2. The van der Waals surface area contributed by atoms with Crippen LogP contribution < -0.4 is 10.6 Å². The highest BCUT2D eigenvalue weighted by Gasteiger charge is 2.13. The summed E-state index contributed by atoms with van der Waals surface area (Å²) >= 11 is 14.3. The quantitative estimate of drug-likeness (QED) is 0.292. The lowest BCUT2D eigenvalue weighted by Crippen LogP contribution is -2.11. The van der Waals surface area contributed by atoms with Crippen molar-refractivity contribution in [3.05, 3.63) is 90.2 Å². The maximum Gasteiger partial charge on any atom is 0.265 e. The molecule has 2 aromatic carbocycles. The lowest BCUT2D eigenvalue weighted by atomic mass is 10.00. The van der Waals surface area contributed by atoms with E-state index in [1.54, 1.807) is 24.3 Å². The van der Waals surface area contributed by atoms with Gasteiger partial charge in [0.2, 0.25) is 0 Å². The van der Waals surface area contributed by atoms with E-state index in [0.717, 1.165) is 33.6 Å². The van der Waals surface area contributed by atoms with Crippen LogP contribution in [0.5, 0.6) is 0 Å². The first-order chi connectivity index (χ1) is 15.3. The van der Waals surface area contributed by atoms with Crippen LogP contribution in [-0.4, -0.2) is 11.8 Å². The van der Waals surface area contributed by atoms with Crippen LogP contribution in [0.3, 0.4) is 0 Å². The zero-order chi connectivity index (χ0) is 22.8. The number of halogens is 2. The van der Waals surface area contributed by atoms with Gasteiger partial charge in [0, 0.05) is 11.4 Å². The molecule has 32 heavy (non-hydrogen) atoms. The summed E-state index contributed by atoms with van der Waals surface area (Å²) in [4.78, 5) is 25.9. The molecule has 0 radical (unpaired) electrons. The summed E-state index contributed by atoms with van der Waals surface area (Å²) in [6.07, 6.45) is 0. The van der Waals surface area contributed by atoms with Crippen LogP contribution in [-0.2, 0) is 0 Å². The highest BCUT2D eigenvalue weighted by atomic mass is 35.5. The highest BCUT2D eigenvalue weighted by Crippen LogP contribution is 2.30. The first-order valence-corrected chi connectivity index (χ1v) is 12.0. The number of carbonyl (C=O) groups excluding carboxylic acids is 2. The van der Waals surface area contributed by atoms with Crippen LogP contribution in [0.4, 0.5) is 11.4 Å². The molecule has 4 nitrogen and oxygen atoms in total. The number of anilines is 2. The fourth-order valence-corrected chi connectivity index (χ4v) is 5.08. The molecule has 0 aliphatic rings. The average molecular weight is 501 g/mol. The lowest BCUT2D eigenvalue weighted by Gasteiger charge is -2.12. The maximum atomic E-state index is 12.4. The van der Waals surface area contributed by atoms with E-state index >= 15 is 0 Å². The van der Waals surface area contributed by atoms with E-state index in [0.29, 0.717) is 18.4 Å². The van der Waals surface area contributed by atoms with Gasteiger partial charge >= 0.3 is 0 Å². The summed E-state index contributed by atoms with van der Waals surface area (Å²) in [5.74, 6) is -0.360. The van der Waals surface area contributed by atoms with Gasteiger partial charge in [-0.05, 0) is 84.6 Å². The molecule has 0 bridgehead atoms. The Morgan fingerprint density at radius 2 is 1.06 bits per heavy atom. The molecule has 0 spiro atoms. The Morgan fingerprint density at radius 3 is 1.38 bits per heavy atom. The third kappa shape index (κ3) is 5.05. The van der Waals surface area contributed by atoms with Crippen molar-refractivity contribution in [2.24, 2.45) is 0 Å². The molecule has 4 rings (SSSR count). The predicted molar refractivity (Wildman–Crippen MR) is 136 cm³/mol. The fourth-order valence-electron chi connectivity index (χ4n) is 3.21. The van der Waals surface area contributed by atoms with Gasteiger partial charge in [0.05, 0.1) is 18.4 Å². The second kappa shape index (κ2) is 9.46. The molecule has 4 aromatic rings. The number of carbonyl (C=O) groups is 2. The largest absolute Gasteiger partial charge is 0.321 e. The minimum absolute atomic E-state index is 0.180. The summed E-state index contributed by atoms with van der Waals surface area (Å²) in [7, 11) is 0. The van der Waals surface area contributed by atoms with Crippen LogP contribution in [0.15, 0.2) is 60.7 Å². The smallest absolute Gasteiger partial charge is 0.265 e. The van der Waals surface area contributed by atoms with Gasteiger partial charge in [-0.3, -0.25) is 9.59 Å². The van der Waals surface area contributed by atoms with Crippen LogP contribution in [0.25, 0.3) is 11.1 Å². The van der Waals surface area contributed by atoms with Gasteiger partial charge in [-0.15, -0.1) is 22.7 Å². The number of aryl methyl sites for hydroxylation is 2. The standard InChI is InChI=1S/C24H18Cl2N2O2S2/c1-13-11-15(3-5-17(13)27-23(29)19-7-9-21(25)31-19)16-4-6-18(14(2)12-16)28-24(30)20-8-10-22(26)32-20/h3-12H,1-2H3,(H,27,29)(H,28,30). The first-order valence-electron chi connectivity index (χ1n) is 9.65. The van der Waals surface area contributed by atoms with Gasteiger partial charge in [0.25, 0.3) is 11.8 Å². The normalized spacial score (nSPS) is 10.8. The Labute approximate surface area is 203 Å². The molecule has 0 saturated heterocycles. The number of amides is 2. The third-order valence-corrected chi connectivity index (χ3v) is 7.34. The van der Waals surface area contributed by atoms with Gasteiger partial charge in [0.1, 0.15) is 0 Å². The molecular weight excluding hydrogens is 483 g/mol. The SMILES string of the molecule is Cc1cc(-c2ccc(NC(=O)c3ccc(Cl)s3)c(C)c2)ccc1NC(=O)c1ccc(Cl)s1. The van der Waals surface area contributed by atoms with Crippen LogP contribution in [0.1, 0.15) is 30.5 Å². The van der Waals surface area contributed by atoms with Crippen molar-refractivity contribution in [2.75, 3.05) is 10.6 Å². The maximum absolute atomic E-state index is 12.4. The Kier molecular flexibility index (Phi) is 6.67. The molecule has 2 amide bonds. The minimum Gasteiger partial charge on any atom is -0.321 e. The second-order valence-corrected chi connectivity index (χ2v) is 10.6. The highest BCUT2D eigenvalue weighted by molar-refractivity contribution is 7.18. The molecule has 0 saturated carbocycles. The Bertz CT molecular complexity index is 1230. The predicted octanol–water partition coefficient (Wildman–Crippen LogP) is 7.90. The second-order valence-electron chi connectivity index (χ2n) is 7.18. The van der Waals surface area contributed by atoms with Gasteiger partial charge < -0.3 is 10.6 Å². The number of rotatable bonds is 5. The van der Waals surface area contributed by atoms with E-state index in [2.05, 4.69) is 10.6 Å². The van der Waals surface area contributed by atoms with E-state index in [1.807, 2.05) is 50.2 Å². The van der Waals surface area contributed by atoms with E-state index in [-0.39, 0.29) is 11.8 Å². The molecule has 0 aliphatic heterocycles. The lowest BCUT2D eigenvalue weighted by molar-refractivity contribution is 0.102. The number of hydrogen-bond acceptors (Lipinski definition) is 4. The van der Waals surface area contributed by atoms with Gasteiger partial charge in [0.15, 0.2) is 0 Å². The van der Waals surface area contributed by atoms with Crippen molar-refractivity contribution in [1.82, 2.24) is 0 Å². The van der Waals surface area contributed by atoms with E-state index in [4.69, 9.17) is 23.2 Å². The van der Waals surface area contributed by atoms with Crippen molar-refractivity contribution in [3.8, 4) is 11.1 Å². The zero-order valence-electron chi connectivity index (χ0n) is 17.2. The summed E-state index contributed by atoms with van der Waals surface area (Å²) in [5.41, 5.74) is 5.43. The van der Waals surface area contributed by atoms with Crippen LogP contribution in [0.2, 0.25) is 8.67 Å². The van der Waals surface area contributed by atoms with Crippen LogP contribution in [0, 0.1) is 13.8 Å². The Hall–Kier alpha value is -2.64. The monoisotopic (exact) mass is 500 g/mol. The molecule has 0 unspecified atom stereocenters. The molecule has 2 heterocycles. The fraction of sp³-hybridized carbons (Fsp3) is 0.0833. The van der Waals surface area contributed by atoms with E-state index in [9.17, 15) is 9.59 Å². The summed E-state index contributed by atoms with van der Waals surface area (Å²) < 4.78 is 1.16. The molecule has 0 aliphatic carbocycles. The molecule has 2 aromatic heterocycles. The molecule has 162 valence electrons. The van der Waals surface area contributed by atoms with Crippen molar-refractivity contribution in [3.63, 3.8) is 0 Å². The number of benzene rings is 2. The molecule has 0 fully saturated rings. The zero-order valence-corrected chi connectivity index (χ0v) is 20.3. The van der Waals surface area contributed by atoms with E-state index in [1.165, 1.54) is 22.7 Å². The molecule has 8 heteroatoms. The van der Waals surface area contributed by atoms with Crippen molar-refractivity contribution < 1.29 is 9.59 Å². The van der Waals surface area contributed by atoms with E-state index < -0.39 is 0 Å². The topological polar surface area (TPSA) is 58.2 Å². The van der Waals surface area contributed by atoms with Crippen molar-refractivity contribution in [2.45, 2.75) is 13.8 Å². The summed E-state index contributed by atoms with van der Waals surface area (Å²) in [5, 5.41) is 5.87. The number of thiophene rings is 2. The van der Waals surface area contributed by atoms with Crippen molar-refractivity contribution in [1.29, 1.82) is 0 Å². The molecule has 2 N–H and O–H groups in total. The van der Waals surface area contributed by atoms with Gasteiger partial charge in [-0.2, -0.15) is 0 Å².